The molecule has 1 aliphatic rings. The van der Waals surface area contributed by atoms with E-state index in [2.05, 4.69) is 47.5 Å². The highest BCUT2D eigenvalue weighted by Gasteiger charge is 2.28. The van der Waals surface area contributed by atoms with Gasteiger partial charge in [0.05, 0.1) is 12.2 Å². The topological polar surface area (TPSA) is 46.0 Å². The number of likely N-dealkylation sites (tertiary alicyclic amines) is 1. The van der Waals surface area contributed by atoms with E-state index in [4.69, 9.17) is 0 Å². The average molecular weight is 279 g/mol. The maximum absolute atomic E-state index is 4.23. The molecular formula is C15H29N5. The van der Waals surface area contributed by atoms with Crippen LogP contribution in [0.15, 0.2) is 6.20 Å². The van der Waals surface area contributed by atoms with Gasteiger partial charge in [-0.2, -0.15) is 0 Å². The molecule has 0 aliphatic carbocycles. The summed E-state index contributed by atoms with van der Waals surface area (Å²) >= 11 is 0. The lowest BCUT2D eigenvalue weighted by atomic mass is 10.1. The molecule has 2 unspecified atom stereocenters. The molecule has 1 saturated heterocycles. The summed E-state index contributed by atoms with van der Waals surface area (Å²) in [6.45, 7) is 10.7. The molecule has 0 spiro atoms. The van der Waals surface area contributed by atoms with E-state index in [9.17, 15) is 0 Å². The molecule has 0 amide bonds. The predicted molar refractivity (Wildman–Crippen MR) is 81.5 cm³/mol. The van der Waals surface area contributed by atoms with Gasteiger partial charge in [0.25, 0.3) is 0 Å². The minimum absolute atomic E-state index is 0.717. The van der Waals surface area contributed by atoms with E-state index in [1.807, 2.05) is 4.68 Å². The van der Waals surface area contributed by atoms with Crippen LogP contribution in [0.5, 0.6) is 0 Å². The van der Waals surface area contributed by atoms with Crippen LogP contribution in [-0.2, 0) is 13.1 Å². The summed E-state index contributed by atoms with van der Waals surface area (Å²) in [5.74, 6) is 0. The van der Waals surface area contributed by atoms with Crippen molar-refractivity contribution in [2.24, 2.45) is 0 Å². The van der Waals surface area contributed by atoms with Crippen LogP contribution in [0.2, 0.25) is 0 Å². The summed E-state index contributed by atoms with van der Waals surface area (Å²) in [6, 6.07) is 1.48. The number of hydrogen-bond acceptors (Lipinski definition) is 4. The first-order valence-electron chi connectivity index (χ1n) is 8.10. The molecule has 1 N–H and O–H groups in total. The second-order valence-corrected chi connectivity index (χ2v) is 5.88. The summed E-state index contributed by atoms with van der Waals surface area (Å²) < 4.78 is 1.99. The van der Waals surface area contributed by atoms with Gasteiger partial charge in [-0.05, 0) is 39.2 Å². The molecule has 2 atom stereocenters. The van der Waals surface area contributed by atoms with Gasteiger partial charge in [0.1, 0.15) is 0 Å². The Morgan fingerprint density at radius 1 is 1.30 bits per heavy atom. The zero-order chi connectivity index (χ0) is 14.4. The number of nitrogens with zero attached hydrogens (tertiary/aromatic N) is 4. The van der Waals surface area contributed by atoms with Crippen LogP contribution in [-0.4, -0.2) is 45.1 Å². The normalized spacial score (nSPS) is 23.6. The van der Waals surface area contributed by atoms with Crippen LogP contribution in [0.1, 0.15) is 52.1 Å². The quantitative estimate of drug-likeness (QED) is 0.740. The Hall–Kier alpha value is -0.940. The van der Waals surface area contributed by atoms with Crippen LogP contribution >= 0.6 is 0 Å². The Kier molecular flexibility index (Phi) is 5.98. The zero-order valence-electron chi connectivity index (χ0n) is 13.2. The molecule has 2 heterocycles. The largest absolute Gasteiger partial charge is 0.311 e. The summed E-state index contributed by atoms with van der Waals surface area (Å²) in [7, 11) is 0. The van der Waals surface area contributed by atoms with Crippen LogP contribution in [0.4, 0.5) is 0 Å². The third-order valence-corrected chi connectivity index (χ3v) is 4.33. The van der Waals surface area contributed by atoms with Crippen molar-refractivity contribution < 1.29 is 0 Å². The van der Waals surface area contributed by atoms with E-state index in [1.165, 1.54) is 19.3 Å². The van der Waals surface area contributed by atoms with Gasteiger partial charge >= 0.3 is 0 Å². The van der Waals surface area contributed by atoms with Crippen molar-refractivity contribution in [2.75, 3.05) is 13.1 Å². The molecule has 1 aromatic heterocycles. The summed E-state index contributed by atoms with van der Waals surface area (Å²) in [6.07, 6.45) is 7.17. The smallest absolute Gasteiger partial charge is 0.0964 e. The average Bonchev–Trinajstić information content (AvgIpc) is 3.03. The van der Waals surface area contributed by atoms with E-state index in [0.717, 1.165) is 44.3 Å². The lowest BCUT2D eigenvalue weighted by molar-refractivity contribution is 0.188. The molecule has 1 fully saturated rings. The molecule has 0 aromatic carbocycles. The fourth-order valence-corrected chi connectivity index (χ4v) is 3.11. The minimum atomic E-state index is 0.717. The highest BCUT2D eigenvalue weighted by molar-refractivity contribution is 4.92. The molecule has 0 bridgehead atoms. The molecule has 0 radical (unpaired) electrons. The molecule has 1 aromatic rings. The van der Waals surface area contributed by atoms with Crippen molar-refractivity contribution >= 4 is 0 Å². The molecule has 114 valence electrons. The SMILES string of the molecule is CCCNCc1cn(CCN2C(C)CCC2CC)nn1. The van der Waals surface area contributed by atoms with Gasteiger partial charge in [-0.25, -0.2) is 0 Å². The van der Waals surface area contributed by atoms with Crippen LogP contribution in [0.25, 0.3) is 0 Å². The second kappa shape index (κ2) is 7.74. The highest BCUT2D eigenvalue weighted by atomic mass is 15.4. The van der Waals surface area contributed by atoms with Crippen molar-refractivity contribution in [3.8, 4) is 0 Å². The first kappa shape index (κ1) is 15.4. The predicted octanol–water partition coefficient (Wildman–Crippen LogP) is 2.04. The molecule has 1 aliphatic heterocycles. The Bertz CT molecular complexity index is 389. The fraction of sp³-hybridized carbons (Fsp3) is 0.867. The van der Waals surface area contributed by atoms with E-state index in [-0.39, 0.29) is 0 Å². The van der Waals surface area contributed by atoms with E-state index >= 15 is 0 Å². The van der Waals surface area contributed by atoms with Crippen LogP contribution in [0.3, 0.4) is 0 Å². The first-order valence-corrected chi connectivity index (χ1v) is 8.10. The van der Waals surface area contributed by atoms with Crippen molar-refractivity contribution in [3.05, 3.63) is 11.9 Å². The summed E-state index contributed by atoms with van der Waals surface area (Å²) in [4.78, 5) is 2.64. The number of hydrogen-bond donors (Lipinski definition) is 1. The Balaban J connectivity index is 1.78. The van der Waals surface area contributed by atoms with Crippen molar-refractivity contribution in [1.29, 1.82) is 0 Å². The third-order valence-electron chi connectivity index (χ3n) is 4.33. The molecule has 5 heteroatoms. The van der Waals surface area contributed by atoms with Crippen molar-refractivity contribution in [2.45, 2.75) is 71.6 Å². The molecule has 2 rings (SSSR count). The lowest BCUT2D eigenvalue weighted by Gasteiger charge is -2.27. The van der Waals surface area contributed by atoms with Gasteiger partial charge < -0.3 is 5.32 Å². The first-order chi connectivity index (χ1) is 9.74. The Morgan fingerprint density at radius 2 is 2.15 bits per heavy atom. The monoisotopic (exact) mass is 279 g/mol. The standard InChI is InChI=1S/C15H29N5/c1-4-8-16-11-14-12-19(18-17-14)9-10-20-13(3)6-7-15(20)5-2/h12-13,15-16H,4-11H2,1-3H3. The lowest BCUT2D eigenvalue weighted by Crippen LogP contribution is -2.36. The molecular weight excluding hydrogens is 250 g/mol. The summed E-state index contributed by atoms with van der Waals surface area (Å²) in [5.41, 5.74) is 1.04. The Morgan fingerprint density at radius 3 is 2.90 bits per heavy atom. The number of aromatic nitrogens is 3. The highest BCUT2D eigenvalue weighted by Crippen LogP contribution is 2.25. The van der Waals surface area contributed by atoms with Gasteiger partial charge in [0.2, 0.25) is 0 Å². The van der Waals surface area contributed by atoms with Crippen molar-refractivity contribution in [3.63, 3.8) is 0 Å². The van der Waals surface area contributed by atoms with Gasteiger partial charge in [-0.3, -0.25) is 9.58 Å². The van der Waals surface area contributed by atoms with Gasteiger partial charge in [0.15, 0.2) is 0 Å². The molecule has 0 saturated carbocycles. The van der Waals surface area contributed by atoms with Crippen LogP contribution < -0.4 is 5.32 Å². The maximum Gasteiger partial charge on any atom is 0.0964 e. The van der Waals surface area contributed by atoms with Crippen molar-refractivity contribution in [1.82, 2.24) is 25.2 Å². The zero-order valence-corrected chi connectivity index (χ0v) is 13.2. The van der Waals surface area contributed by atoms with Gasteiger partial charge in [0, 0.05) is 31.4 Å². The maximum atomic E-state index is 4.23. The van der Waals surface area contributed by atoms with E-state index < -0.39 is 0 Å². The minimum Gasteiger partial charge on any atom is -0.311 e. The molecule has 20 heavy (non-hydrogen) atoms. The van der Waals surface area contributed by atoms with Gasteiger partial charge in [-0.1, -0.05) is 19.1 Å². The van der Waals surface area contributed by atoms with E-state index in [0.29, 0.717) is 6.04 Å². The van der Waals surface area contributed by atoms with E-state index in [1.54, 1.807) is 0 Å². The second-order valence-electron chi connectivity index (χ2n) is 5.88. The molecule has 5 nitrogen and oxygen atoms in total. The van der Waals surface area contributed by atoms with Gasteiger partial charge in [-0.15, -0.1) is 5.10 Å². The number of rotatable bonds is 8. The van der Waals surface area contributed by atoms with Crippen LogP contribution in [0, 0.1) is 0 Å². The third kappa shape index (κ3) is 4.03. The number of nitrogens with one attached hydrogen (secondary N) is 1. The summed E-state index contributed by atoms with van der Waals surface area (Å²) in [5, 5.41) is 11.8. The Labute approximate surface area is 122 Å². The fourth-order valence-electron chi connectivity index (χ4n) is 3.11.